The Balaban J connectivity index is 2.84. The number of primary amides is 1. The van der Waals surface area contributed by atoms with E-state index in [9.17, 15) is 9.90 Å². The van der Waals surface area contributed by atoms with E-state index in [1.807, 2.05) is 0 Å². The molecule has 1 rings (SSSR count). The standard InChI is InChI=1S/C12H24N2O2/c1-11(2)5-8(6-12(3,4)14-11)9(7-15)10(13)16/h8-9,14-15H,5-7H2,1-4H3,(H2,13,16). The molecule has 4 N–H and O–H groups in total. The molecule has 1 amide bonds. The lowest BCUT2D eigenvalue weighted by molar-refractivity contribution is -0.126. The second kappa shape index (κ2) is 4.34. The highest BCUT2D eigenvalue weighted by Crippen LogP contribution is 2.36. The number of carbonyl (C=O) groups is 1. The van der Waals surface area contributed by atoms with Crippen molar-refractivity contribution in [3.63, 3.8) is 0 Å². The second-order valence-corrected chi connectivity index (χ2v) is 6.25. The third kappa shape index (κ3) is 3.19. The average molecular weight is 228 g/mol. The van der Waals surface area contributed by atoms with E-state index in [0.29, 0.717) is 0 Å². The molecule has 0 spiro atoms. The number of nitrogens with one attached hydrogen (secondary N) is 1. The van der Waals surface area contributed by atoms with Gasteiger partial charge in [-0.25, -0.2) is 0 Å². The lowest BCUT2D eigenvalue weighted by Gasteiger charge is -2.48. The van der Waals surface area contributed by atoms with Crippen LogP contribution in [0.4, 0.5) is 0 Å². The van der Waals surface area contributed by atoms with Gasteiger partial charge in [0, 0.05) is 11.1 Å². The minimum atomic E-state index is -0.416. The lowest BCUT2D eigenvalue weighted by atomic mass is 9.71. The molecule has 0 bridgehead atoms. The zero-order valence-electron chi connectivity index (χ0n) is 10.7. The smallest absolute Gasteiger partial charge is 0.223 e. The van der Waals surface area contributed by atoms with Gasteiger partial charge in [-0.05, 0) is 46.5 Å². The quantitative estimate of drug-likeness (QED) is 0.663. The summed E-state index contributed by atoms with van der Waals surface area (Å²) >= 11 is 0. The van der Waals surface area contributed by atoms with Crippen molar-refractivity contribution in [1.29, 1.82) is 0 Å². The van der Waals surface area contributed by atoms with Crippen molar-refractivity contribution in [2.24, 2.45) is 17.6 Å². The predicted molar refractivity (Wildman–Crippen MR) is 63.8 cm³/mol. The van der Waals surface area contributed by atoms with Crippen LogP contribution in [0.2, 0.25) is 0 Å². The fourth-order valence-electron chi connectivity index (χ4n) is 3.16. The van der Waals surface area contributed by atoms with E-state index < -0.39 is 5.92 Å². The van der Waals surface area contributed by atoms with Crippen molar-refractivity contribution >= 4 is 5.91 Å². The maximum absolute atomic E-state index is 11.3. The summed E-state index contributed by atoms with van der Waals surface area (Å²) in [4.78, 5) is 11.3. The van der Waals surface area contributed by atoms with Gasteiger partial charge in [-0.3, -0.25) is 4.79 Å². The van der Waals surface area contributed by atoms with Crippen molar-refractivity contribution in [1.82, 2.24) is 5.32 Å². The fraction of sp³-hybridized carbons (Fsp3) is 0.917. The van der Waals surface area contributed by atoms with Crippen molar-refractivity contribution in [2.45, 2.75) is 51.6 Å². The largest absolute Gasteiger partial charge is 0.396 e. The van der Waals surface area contributed by atoms with Crippen LogP contribution in [-0.4, -0.2) is 28.7 Å². The number of hydrogen-bond acceptors (Lipinski definition) is 3. The van der Waals surface area contributed by atoms with Gasteiger partial charge < -0.3 is 16.2 Å². The van der Waals surface area contributed by atoms with Crippen LogP contribution >= 0.6 is 0 Å². The van der Waals surface area contributed by atoms with Gasteiger partial charge in [0.1, 0.15) is 0 Å². The van der Waals surface area contributed by atoms with E-state index in [4.69, 9.17) is 5.73 Å². The summed E-state index contributed by atoms with van der Waals surface area (Å²) in [7, 11) is 0. The first-order valence-corrected chi connectivity index (χ1v) is 5.86. The average Bonchev–Trinajstić information content (AvgIpc) is 1.97. The Morgan fingerprint density at radius 1 is 1.38 bits per heavy atom. The number of hydrogen-bond donors (Lipinski definition) is 3. The summed E-state index contributed by atoms with van der Waals surface area (Å²) in [6, 6.07) is 0. The third-order valence-electron chi connectivity index (χ3n) is 3.35. The maximum atomic E-state index is 11.3. The molecule has 0 aromatic heterocycles. The van der Waals surface area contributed by atoms with E-state index in [1.54, 1.807) is 0 Å². The van der Waals surface area contributed by atoms with Crippen molar-refractivity contribution < 1.29 is 9.90 Å². The van der Waals surface area contributed by atoms with Crippen LogP contribution in [0, 0.1) is 11.8 Å². The Kier molecular flexibility index (Phi) is 3.65. The molecule has 0 radical (unpaired) electrons. The number of piperidine rings is 1. The molecule has 0 aromatic rings. The van der Waals surface area contributed by atoms with Gasteiger partial charge in [0.2, 0.25) is 5.91 Å². The number of aliphatic hydroxyl groups excluding tert-OH is 1. The normalized spacial score (nSPS) is 26.3. The molecule has 1 aliphatic heterocycles. The topological polar surface area (TPSA) is 75.3 Å². The number of aliphatic hydroxyl groups is 1. The minimum Gasteiger partial charge on any atom is -0.396 e. The summed E-state index contributed by atoms with van der Waals surface area (Å²) in [6.45, 7) is 8.34. The summed E-state index contributed by atoms with van der Waals surface area (Å²) < 4.78 is 0. The van der Waals surface area contributed by atoms with Crippen LogP contribution in [0.15, 0.2) is 0 Å². The second-order valence-electron chi connectivity index (χ2n) is 6.25. The fourth-order valence-corrected chi connectivity index (χ4v) is 3.16. The Morgan fingerprint density at radius 2 is 1.81 bits per heavy atom. The number of nitrogens with two attached hydrogens (primary N) is 1. The van der Waals surface area contributed by atoms with Crippen molar-refractivity contribution in [3.05, 3.63) is 0 Å². The molecular formula is C12H24N2O2. The first kappa shape index (κ1) is 13.5. The molecule has 4 nitrogen and oxygen atoms in total. The van der Waals surface area contributed by atoms with E-state index >= 15 is 0 Å². The Morgan fingerprint density at radius 3 is 2.12 bits per heavy atom. The molecular weight excluding hydrogens is 204 g/mol. The van der Waals surface area contributed by atoms with E-state index in [1.165, 1.54) is 0 Å². The Hall–Kier alpha value is -0.610. The third-order valence-corrected chi connectivity index (χ3v) is 3.35. The van der Waals surface area contributed by atoms with Crippen molar-refractivity contribution in [3.8, 4) is 0 Å². The number of rotatable bonds is 3. The zero-order valence-corrected chi connectivity index (χ0v) is 10.7. The van der Waals surface area contributed by atoms with Crippen LogP contribution in [0.1, 0.15) is 40.5 Å². The highest BCUT2D eigenvalue weighted by molar-refractivity contribution is 5.77. The van der Waals surface area contributed by atoms with Gasteiger partial charge in [-0.2, -0.15) is 0 Å². The molecule has 1 saturated heterocycles. The molecule has 94 valence electrons. The van der Waals surface area contributed by atoms with Crippen LogP contribution in [0.5, 0.6) is 0 Å². The Bertz CT molecular complexity index is 258. The molecule has 1 atom stereocenters. The summed E-state index contributed by atoms with van der Waals surface area (Å²) in [5.74, 6) is -0.643. The molecule has 1 heterocycles. The van der Waals surface area contributed by atoms with E-state index in [-0.39, 0.29) is 29.5 Å². The molecule has 1 unspecified atom stereocenters. The van der Waals surface area contributed by atoms with Gasteiger partial charge in [-0.1, -0.05) is 0 Å². The van der Waals surface area contributed by atoms with E-state index in [2.05, 4.69) is 33.0 Å². The molecule has 4 heteroatoms. The van der Waals surface area contributed by atoms with Crippen LogP contribution < -0.4 is 11.1 Å². The monoisotopic (exact) mass is 228 g/mol. The maximum Gasteiger partial charge on any atom is 0.223 e. The van der Waals surface area contributed by atoms with Crippen LogP contribution in [0.3, 0.4) is 0 Å². The summed E-state index contributed by atoms with van der Waals surface area (Å²) in [5.41, 5.74) is 5.30. The number of amides is 1. The highest BCUT2D eigenvalue weighted by atomic mass is 16.3. The first-order valence-electron chi connectivity index (χ1n) is 5.86. The molecule has 0 aliphatic carbocycles. The molecule has 0 aromatic carbocycles. The summed E-state index contributed by atoms with van der Waals surface area (Å²) in [6.07, 6.45) is 1.73. The Labute approximate surface area is 97.6 Å². The SMILES string of the molecule is CC1(C)CC(C(CO)C(N)=O)CC(C)(C)N1. The van der Waals surface area contributed by atoms with Gasteiger partial charge >= 0.3 is 0 Å². The molecule has 16 heavy (non-hydrogen) atoms. The molecule has 1 aliphatic rings. The number of carbonyl (C=O) groups excluding carboxylic acids is 1. The van der Waals surface area contributed by atoms with Crippen LogP contribution in [-0.2, 0) is 4.79 Å². The minimum absolute atomic E-state index is 0.0186. The first-order chi connectivity index (χ1) is 7.17. The van der Waals surface area contributed by atoms with E-state index in [0.717, 1.165) is 12.8 Å². The highest BCUT2D eigenvalue weighted by Gasteiger charge is 2.41. The van der Waals surface area contributed by atoms with Gasteiger partial charge in [-0.15, -0.1) is 0 Å². The predicted octanol–water partition coefficient (Wildman–Crippen LogP) is 0.637. The van der Waals surface area contributed by atoms with Gasteiger partial charge in [0.05, 0.1) is 12.5 Å². The van der Waals surface area contributed by atoms with Gasteiger partial charge in [0.15, 0.2) is 0 Å². The van der Waals surface area contributed by atoms with Crippen LogP contribution in [0.25, 0.3) is 0 Å². The lowest BCUT2D eigenvalue weighted by Crippen LogP contribution is -2.59. The summed E-state index contributed by atoms with van der Waals surface area (Å²) in [5, 5.41) is 12.8. The molecule has 1 fully saturated rings. The zero-order chi connectivity index (χ0) is 12.6. The molecule has 0 saturated carbocycles. The van der Waals surface area contributed by atoms with Gasteiger partial charge in [0.25, 0.3) is 0 Å². The van der Waals surface area contributed by atoms with Crippen molar-refractivity contribution in [2.75, 3.05) is 6.61 Å².